The molecule has 0 radical (unpaired) electrons. The van der Waals surface area contributed by atoms with E-state index >= 15 is 0 Å². The van der Waals surface area contributed by atoms with E-state index < -0.39 is 0 Å². The van der Waals surface area contributed by atoms with E-state index in [4.69, 9.17) is 10.7 Å². The molecule has 2 saturated carbocycles. The Kier molecular flexibility index (Phi) is 5.70. The molecule has 7 heteroatoms. The molecule has 2 heterocycles. The summed E-state index contributed by atoms with van der Waals surface area (Å²) in [5.74, 6) is 0.590. The molecule has 2 aliphatic heterocycles. The number of carbonyl (C=O) groups is 2. The molecule has 0 aromatic heterocycles. The minimum Gasteiger partial charge on any atom is -0.373 e. The first-order chi connectivity index (χ1) is 15.4. The van der Waals surface area contributed by atoms with Crippen LogP contribution in [0.2, 0.25) is 0 Å². The Hall–Kier alpha value is -2.41. The average Bonchev–Trinajstić information content (AvgIpc) is 3.52. The molecular weight excluding hydrogens is 402 g/mol. The number of anilines is 1. The maximum atomic E-state index is 13.2. The summed E-state index contributed by atoms with van der Waals surface area (Å²) in [7, 11) is 0. The summed E-state index contributed by atoms with van der Waals surface area (Å²) in [4.78, 5) is 30.7. The van der Waals surface area contributed by atoms with Crippen LogP contribution in [0, 0.1) is 24.7 Å². The van der Waals surface area contributed by atoms with Gasteiger partial charge in [-0.25, -0.2) is 0 Å². The highest BCUT2D eigenvalue weighted by Gasteiger charge is 2.43. The lowest BCUT2D eigenvalue weighted by atomic mass is 9.81. The predicted molar refractivity (Wildman–Crippen MR) is 126 cm³/mol. The van der Waals surface area contributed by atoms with Crippen molar-refractivity contribution in [3.8, 4) is 0 Å². The second-order valence-corrected chi connectivity index (χ2v) is 10.3. The van der Waals surface area contributed by atoms with Crippen LogP contribution in [0.4, 0.5) is 5.69 Å². The molecule has 2 fully saturated rings. The number of hydrogen-bond donors (Lipinski definition) is 4. The van der Waals surface area contributed by atoms with Gasteiger partial charge in [0.15, 0.2) is 0 Å². The third-order valence-electron chi connectivity index (χ3n) is 7.86. The topological polar surface area (TPSA) is 109 Å². The van der Waals surface area contributed by atoms with E-state index in [1.165, 1.54) is 11.1 Å². The number of hydrogen-bond acceptors (Lipinski definition) is 5. The quantitative estimate of drug-likeness (QED) is 0.545. The molecule has 2 aliphatic carbocycles. The number of rotatable bonds is 6. The lowest BCUT2D eigenvalue weighted by molar-refractivity contribution is -0.125. The van der Waals surface area contributed by atoms with Crippen LogP contribution in [0.5, 0.6) is 0 Å². The highest BCUT2D eigenvalue weighted by Crippen LogP contribution is 2.39. The maximum absolute atomic E-state index is 13.2. The number of amides is 2. The van der Waals surface area contributed by atoms with Crippen LogP contribution in [0.15, 0.2) is 23.2 Å². The number of nitrogens with zero attached hydrogens (tertiary/aromatic N) is 1. The fourth-order valence-electron chi connectivity index (χ4n) is 5.48. The number of aliphatic imine (C=N–C) groups is 1. The first-order valence-electron chi connectivity index (χ1n) is 12.2. The third kappa shape index (κ3) is 4.15. The van der Waals surface area contributed by atoms with Gasteiger partial charge < -0.3 is 21.7 Å². The van der Waals surface area contributed by atoms with E-state index in [1.807, 2.05) is 12.3 Å². The van der Waals surface area contributed by atoms with Crippen LogP contribution in [0.1, 0.15) is 50.2 Å². The molecule has 0 bridgehead atoms. The number of nitrogens with two attached hydrogens (primary N) is 1. The lowest BCUT2D eigenvalue weighted by Gasteiger charge is -2.37. The van der Waals surface area contributed by atoms with Gasteiger partial charge in [-0.2, -0.15) is 0 Å². The Morgan fingerprint density at radius 3 is 2.62 bits per heavy atom. The molecule has 0 saturated heterocycles. The Labute approximate surface area is 190 Å². The standard InChI is InChI=1S/C25H35N5O2/c1-13-4-3-5-16-11-20(28-21(13)16)25(32)30-23(15-6-7-15)22-14(2)10-17(12-27-22)24(31)29-19-9-8-18(19)26/h3-5,12,14-15,17-20,22-23,28H,6-11,26H2,1-2H3,(H,29,31)(H,30,32)/t14?,17?,18-,19+,20?,22?,23?/m0/s1. The second kappa shape index (κ2) is 8.50. The average molecular weight is 438 g/mol. The largest absolute Gasteiger partial charge is 0.373 e. The summed E-state index contributed by atoms with van der Waals surface area (Å²) in [6.07, 6.45) is 7.49. The molecule has 7 nitrogen and oxygen atoms in total. The van der Waals surface area contributed by atoms with Crippen LogP contribution in [0.3, 0.4) is 0 Å². The van der Waals surface area contributed by atoms with Gasteiger partial charge in [0.25, 0.3) is 0 Å². The molecule has 2 amide bonds. The summed E-state index contributed by atoms with van der Waals surface area (Å²) >= 11 is 0. The normalized spacial score (nSPS) is 34.1. The van der Waals surface area contributed by atoms with Gasteiger partial charge in [-0.05, 0) is 62.0 Å². The molecule has 1 aromatic rings. The van der Waals surface area contributed by atoms with E-state index in [0.717, 1.165) is 44.2 Å². The summed E-state index contributed by atoms with van der Waals surface area (Å²) < 4.78 is 0. The lowest BCUT2D eigenvalue weighted by Crippen LogP contribution is -2.57. The van der Waals surface area contributed by atoms with E-state index in [0.29, 0.717) is 5.92 Å². The molecule has 5 N–H and O–H groups in total. The van der Waals surface area contributed by atoms with E-state index in [-0.39, 0.29) is 53.9 Å². The van der Waals surface area contributed by atoms with Crippen LogP contribution in [-0.2, 0) is 16.0 Å². The van der Waals surface area contributed by atoms with Crippen molar-refractivity contribution in [3.05, 3.63) is 29.3 Å². The van der Waals surface area contributed by atoms with Gasteiger partial charge in [0.2, 0.25) is 11.8 Å². The summed E-state index contributed by atoms with van der Waals surface area (Å²) in [5, 5.41) is 9.85. The monoisotopic (exact) mass is 437 g/mol. The van der Waals surface area contributed by atoms with Crippen LogP contribution >= 0.6 is 0 Å². The molecule has 32 heavy (non-hydrogen) atoms. The minimum absolute atomic E-state index is 0.0203. The molecule has 0 spiro atoms. The molecule has 7 atom stereocenters. The Bertz CT molecular complexity index is 927. The van der Waals surface area contributed by atoms with Crippen molar-refractivity contribution in [1.82, 2.24) is 10.6 Å². The second-order valence-electron chi connectivity index (χ2n) is 10.3. The Balaban J connectivity index is 1.22. The number of nitrogens with one attached hydrogen (secondary N) is 3. The minimum atomic E-state index is -0.236. The van der Waals surface area contributed by atoms with Gasteiger partial charge in [-0.3, -0.25) is 14.6 Å². The first-order valence-corrected chi connectivity index (χ1v) is 12.2. The number of aryl methyl sites for hydroxylation is 1. The van der Waals surface area contributed by atoms with Crippen molar-refractivity contribution in [3.63, 3.8) is 0 Å². The zero-order valence-corrected chi connectivity index (χ0v) is 19.0. The SMILES string of the molecule is Cc1cccc2c1NC(C(=O)NC(C1CC1)C1N=CC(C(=O)N[C@@H]3CC[C@@H]3N)CC1C)C2. The number of carbonyl (C=O) groups excluding carboxylic acids is 2. The highest BCUT2D eigenvalue weighted by atomic mass is 16.2. The van der Waals surface area contributed by atoms with Crippen molar-refractivity contribution in [2.24, 2.45) is 28.5 Å². The highest BCUT2D eigenvalue weighted by molar-refractivity contribution is 5.94. The third-order valence-corrected chi connectivity index (χ3v) is 7.86. The number of benzene rings is 1. The fraction of sp³-hybridized carbons (Fsp3) is 0.640. The van der Waals surface area contributed by atoms with E-state index in [1.54, 1.807) is 0 Å². The summed E-state index contributed by atoms with van der Waals surface area (Å²) in [6, 6.07) is 6.22. The summed E-state index contributed by atoms with van der Waals surface area (Å²) in [6.45, 7) is 4.23. The summed E-state index contributed by atoms with van der Waals surface area (Å²) in [5.41, 5.74) is 9.45. The zero-order chi connectivity index (χ0) is 22.4. The van der Waals surface area contributed by atoms with Gasteiger partial charge in [-0.15, -0.1) is 0 Å². The molecule has 4 aliphatic rings. The number of para-hydroxylation sites is 1. The van der Waals surface area contributed by atoms with Crippen LogP contribution in [0.25, 0.3) is 0 Å². The molecular formula is C25H35N5O2. The molecule has 5 rings (SSSR count). The Morgan fingerprint density at radius 2 is 2.00 bits per heavy atom. The van der Waals surface area contributed by atoms with Crippen molar-refractivity contribution < 1.29 is 9.59 Å². The number of fused-ring (bicyclic) bond motifs is 1. The van der Waals surface area contributed by atoms with E-state index in [9.17, 15) is 9.59 Å². The Morgan fingerprint density at radius 1 is 1.19 bits per heavy atom. The van der Waals surface area contributed by atoms with E-state index in [2.05, 4.69) is 41.9 Å². The predicted octanol–water partition coefficient (Wildman–Crippen LogP) is 1.93. The maximum Gasteiger partial charge on any atom is 0.243 e. The van der Waals surface area contributed by atoms with Crippen molar-refractivity contribution in [2.45, 2.75) is 82.6 Å². The molecule has 172 valence electrons. The molecule has 1 aromatic carbocycles. The first kappa shape index (κ1) is 21.4. The van der Waals surface area contributed by atoms with Gasteiger partial charge in [0.05, 0.1) is 18.0 Å². The van der Waals surface area contributed by atoms with Crippen molar-refractivity contribution in [1.29, 1.82) is 0 Å². The zero-order valence-electron chi connectivity index (χ0n) is 19.0. The van der Waals surface area contributed by atoms with Gasteiger partial charge >= 0.3 is 0 Å². The van der Waals surface area contributed by atoms with Crippen molar-refractivity contribution in [2.75, 3.05) is 5.32 Å². The van der Waals surface area contributed by atoms with Gasteiger partial charge in [0, 0.05) is 30.4 Å². The van der Waals surface area contributed by atoms with Crippen LogP contribution in [-0.4, -0.2) is 48.2 Å². The van der Waals surface area contributed by atoms with Crippen LogP contribution < -0.4 is 21.7 Å². The van der Waals surface area contributed by atoms with Crippen molar-refractivity contribution >= 4 is 23.7 Å². The smallest absolute Gasteiger partial charge is 0.243 e. The fourth-order valence-corrected chi connectivity index (χ4v) is 5.48. The van der Waals surface area contributed by atoms with Gasteiger partial charge in [0.1, 0.15) is 6.04 Å². The molecule has 5 unspecified atom stereocenters. The van der Waals surface area contributed by atoms with Gasteiger partial charge in [-0.1, -0.05) is 25.1 Å².